The summed E-state index contributed by atoms with van der Waals surface area (Å²) in [4.78, 5) is 0. The molecule has 0 aliphatic carbocycles. The van der Waals surface area contributed by atoms with Crippen LogP contribution >= 0.6 is 11.6 Å². The smallest absolute Gasteiger partial charge is 0.211 e. The third-order valence-electron chi connectivity index (χ3n) is 1.83. The van der Waals surface area contributed by atoms with Crippen LogP contribution < -0.4 is 4.72 Å². The largest absolute Gasteiger partial charge is 0.380 e. The van der Waals surface area contributed by atoms with Gasteiger partial charge in [0.05, 0.1) is 19.0 Å². The highest BCUT2D eigenvalue weighted by Gasteiger charge is 2.08. The Labute approximate surface area is 103 Å². The first kappa shape index (κ1) is 15.9. The maximum absolute atomic E-state index is 11.4. The van der Waals surface area contributed by atoms with Gasteiger partial charge in [0.15, 0.2) is 0 Å². The molecule has 96 valence electrons. The highest BCUT2D eigenvalue weighted by atomic mass is 35.5. The second-order valence-corrected chi connectivity index (χ2v) is 5.60. The van der Waals surface area contributed by atoms with Crippen molar-refractivity contribution in [2.24, 2.45) is 0 Å². The van der Waals surface area contributed by atoms with Crippen LogP contribution in [0.4, 0.5) is 0 Å². The van der Waals surface area contributed by atoms with E-state index >= 15 is 0 Å². The molecule has 0 heterocycles. The molecule has 6 heteroatoms. The predicted octanol–water partition coefficient (Wildman–Crippen LogP) is 1.52. The Morgan fingerprint density at radius 3 is 2.69 bits per heavy atom. The molecule has 4 nitrogen and oxygen atoms in total. The quantitative estimate of drug-likeness (QED) is 0.351. The Kier molecular flexibility index (Phi) is 10.0. The molecule has 16 heavy (non-hydrogen) atoms. The minimum atomic E-state index is -3.16. The van der Waals surface area contributed by atoms with Crippen LogP contribution in [0.5, 0.6) is 0 Å². The summed E-state index contributed by atoms with van der Waals surface area (Å²) in [5.41, 5.74) is 0. The molecule has 0 atom stereocenters. The van der Waals surface area contributed by atoms with Crippen molar-refractivity contribution in [3.63, 3.8) is 0 Å². The second-order valence-electron chi connectivity index (χ2n) is 3.30. The van der Waals surface area contributed by atoms with Crippen LogP contribution in [0.3, 0.4) is 0 Å². The van der Waals surface area contributed by atoms with E-state index in [4.69, 9.17) is 16.3 Å². The van der Waals surface area contributed by atoms with Crippen molar-refractivity contribution in [2.75, 3.05) is 31.4 Å². The molecule has 0 bridgehead atoms. The van der Waals surface area contributed by atoms with Gasteiger partial charge in [0.25, 0.3) is 0 Å². The molecule has 0 rings (SSSR count). The summed E-state index contributed by atoms with van der Waals surface area (Å²) in [5, 5.41) is 0. The number of ether oxygens (including phenoxy) is 1. The minimum absolute atomic E-state index is 0.131. The van der Waals surface area contributed by atoms with Crippen LogP contribution in [-0.2, 0) is 14.8 Å². The van der Waals surface area contributed by atoms with Crippen LogP contribution in [-0.4, -0.2) is 39.8 Å². The number of nitrogens with one attached hydrogen (secondary N) is 1. The molecule has 0 aromatic heterocycles. The summed E-state index contributed by atoms with van der Waals surface area (Å²) in [6.07, 6.45) is 3.85. The van der Waals surface area contributed by atoms with Gasteiger partial charge in [-0.3, -0.25) is 0 Å². The van der Waals surface area contributed by atoms with Gasteiger partial charge in [-0.25, -0.2) is 13.1 Å². The normalized spacial score (nSPS) is 11.6. The summed E-state index contributed by atoms with van der Waals surface area (Å²) in [7, 11) is -3.16. The van der Waals surface area contributed by atoms with Crippen molar-refractivity contribution in [1.82, 2.24) is 4.72 Å². The molecule has 0 saturated heterocycles. The zero-order valence-electron chi connectivity index (χ0n) is 9.45. The summed E-state index contributed by atoms with van der Waals surface area (Å²) in [6.45, 7) is 4.85. The summed E-state index contributed by atoms with van der Waals surface area (Å²) in [5.74, 6) is 0.632. The molecule has 0 radical (unpaired) electrons. The molecule has 0 aromatic carbocycles. The molecule has 1 N–H and O–H groups in total. The Morgan fingerprint density at radius 2 is 2.06 bits per heavy atom. The van der Waals surface area contributed by atoms with Crippen LogP contribution in [0.25, 0.3) is 0 Å². The molecule has 0 fully saturated rings. The first-order valence-corrected chi connectivity index (χ1v) is 7.53. The fourth-order valence-corrected chi connectivity index (χ4v) is 2.31. The van der Waals surface area contributed by atoms with E-state index in [1.54, 1.807) is 6.08 Å². The molecule has 0 spiro atoms. The monoisotopic (exact) mass is 269 g/mol. The third-order valence-corrected chi connectivity index (χ3v) is 3.57. The van der Waals surface area contributed by atoms with E-state index in [2.05, 4.69) is 11.3 Å². The van der Waals surface area contributed by atoms with E-state index in [0.717, 1.165) is 12.8 Å². The summed E-state index contributed by atoms with van der Waals surface area (Å²) < 4.78 is 30.4. The van der Waals surface area contributed by atoms with E-state index in [9.17, 15) is 8.42 Å². The van der Waals surface area contributed by atoms with Crippen molar-refractivity contribution < 1.29 is 13.2 Å². The average molecular weight is 270 g/mol. The Balaban J connectivity index is 3.47. The van der Waals surface area contributed by atoms with Crippen LogP contribution in [0.15, 0.2) is 12.7 Å². The number of sulfonamides is 1. The highest BCUT2D eigenvalue weighted by Crippen LogP contribution is 1.96. The van der Waals surface area contributed by atoms with Gasteiger partial charge < -0.3 is 4.74 Å². The lowest BCUT2D eigenvalue weighted by Crippen LogP contribution is -2.29. The van der Waals surface area contributed by atoms with Gasteiger partial charge in [0, 0.05) is 12.4 Å². The van der Waals surface area contributed by atoms with Gasteiger partial charge in [-0.2, -0.15) is 0 Å². The first-order chi connectivity index (χ1) is 7.62. The van der Waals surface area contributed by atoms with Gasteiger partial charge in [0.1, 0.15) is 0 Å². The van der Waals surface area contributed by atoms with E-state index < -0.39 is 10.0 Å². The van der Waals surface area contributed by atoms with Gasteiger partial charge in [-0.15, -0.1) is 18.2 Å². The maximum atomic E-state index is 11.4. The second kappa shape index (κ2) is 10.1. The number of unbranched alkanes of at least 4 members (excludes halogenated alkanes) is 1. The average Bonchev–Trinajstić information content (AvgIpc) is 2.23. The molecule has 0 saturated carbocycles. The van der Waals surface area contributed by atoms with Gasteiger partial charge in [-0.1, -0.05) is 6.08 Å². The lowest BCUT2D eigenvalue weighted by Gasteiger charge is -2.06. The Morgan fingerprint density at radius 1 is 1.31 bits per heavy atom. The number of halogens is 1. The third kappa shape index (κ3) is 10.4. The van der Waals surface area contributed by atoms with Gasteiger partial charge in [-0.05, 0) is 19.3 Å². The lowest BCUT2D eigenvalue weighted by atomic mass is 10.4. The molecule has 0 aromatic rings. The van der Waals surface area contributed by atoms with Crippen LogP contribution in [0.1, 0.15) is 19.3 Å². The van der Waals surface area contributed by atoms with Crippen molar-refractivity contribution in [3.8, 4) is 0 Å². The fourth-order valence-electron chi connectivity index (χ4n) is 0.997. The minimum Gasteiger partial charge on any atom is -0.380 e. The SMILES string of the molecule is C=CCCOCCNS(=O)(=O)CCCCCl. The fraction of sp³-hybridized carbons (Fsp3) is 0.800. The van der Waals surface area contributed by atoms with Crippen LogP contribution in [0.2, 0.25) is 0 Å². The molecule has 0 aliphatic rings. The first-order valence-electron chi connectivity index (χ1n) is 5.34. The standard InChI is InChI=1S/C10H20ClNO3S/c1-2-3-8-15-9-7-12-16(13,14)10-5-4-6-11/h2,12H,1,3-10H2. The summed E-state index contributed by atoms with van der Waals surface area (Å²) >= 11 is 5.46. The molecule has 0 aliphatic heterocycles. The van der Waals surface area contributed by atoms with Crippen LogP contribution in [0, 0.1) is 0 Å². The molecular formula is C10H20ClNO3S. The summed E-state index contributed by atoms with van der Waals surface area (Å²) in [6, 6.07) is 0. The molecular weight excluding hydrogens is 250 g/mol. The van der Waals surface area contributed by atoms with Crippen molar-refractivity contribution in [2.45, 2.75) is 19.3 Å². The number of hydrogen-bond acceptors (Lipinski definition) is 3. The van der Waals surface area contributed by atoms with Crippen molar-refractivity contribution in [1.29, 1.82) is 0 Å². The van der Waals surface area contributed by atoms with Crippen molar-refractivity contribution >= 4 is 21.6 Å². The predicted molar refractivity (Wildman–Crippen MR) is 67.4 cm³/mol. The van der Waals surface area contributed by atoms with Crippen molar-refractivity contribution in [3.05, 3.63) is 12.7 Å². The van der Waals surface area contributed by atoms with E-state index in [1.165, 1.54) is 0 Å². The lowest BCUT2D eigenvalue weighted by molar-refractivity contribution is 0.144. The maximum Gasteiger partial charge on any atom is 0.211 e. The zero-order valence-corrected chi connectivity index (χ0v) is 11.0. The Hall–Kier alpha value is -0.100. The molecule has 0 amide bonds. The van der Waals surface area contributed by atoms with E-state index in [0.29, 0.717) is 32.1 Å². The van der Waals surface area contributed by atoms with E-state index in [-0.39, 0.29) is 5.75 Å². The molecule has 0 unspecified atom stereocenters. The Bertz CT molecular complexity index is 267. The van der Waals surface area contributed by atoms with Gasteiger partial charge >= 0.3 is 0 Å². The number of rotatable bonds is 11. The highest BCUT2D eigenvalue weighted by molar-refractivity contribution is 7.89. The van der Waals surface area contributed by atoms with Gasteiger partial charge in [0.2, 0.25) is 10.0 Å². The zero-order chi connectivity index (χ0) is 12.3. The van der Waals surface area contributed by atoms with E-state index in [1.807, 2.05) is 0 Å². The number of alkyl halides is 1. The number of hydrogen-bond donors (Lipinski definition) is 1. The topological polar surface area (TPSA) is 55.4 Å².